The molecule has 176 valence electrons. The molecule has 1 aliphatic rings. The van der Waals surface area contributed by atoms with Crippen LogP contribution in [0, 0.1) is 13.8 Å². The van der Waals surface area contributed by atoms with Crippen LogP contribution in [0.1, 0.15) is 22.4 Å². The molecule has 3 heterocycles. The van der Waals surface area contributed by atoms with Crippen molar-refractivity contribution >= 4 is 29.0 Å². The maximum atomic E-state index is 6.95. The van der Waals surface area contributed by atoms with E-state index in [4.69, 9.17) is 21.3 Å². The molecule has 2 aromatic carbocycles. The van der Waals surface area contributed by atoms with Gasteiger partial charge in [0.25, 0.3) is 0 Å². The normalized spacial score (nSPS) is 16.9. The number of nitrogens with zero attached hydrogens (tertiary/aromatic N) is 3. The summed E-state index contributed by atoms with van der Waals surface area (Å²) in [6.07, 6.45) is 3.05. The summed E-state index contributed by atoms with van der Waals surface area (Å²) in [6.45, 7) is 6.89. The van der Waals surface area contributed by atoms with Crippen molar-refractivity contribution in [3.63, 3.8) is 0 Å². The Kier molecular flexibility index (Phi) is 6.98. The van der Waals surface area contributed by atoms with E-state index in [1.165, 1.54) is 16.0 Å². The zero-order chi connectivity index (χ0) is 23.7. The van der Waals surface area contributed by atoms with Crippen LogP contribution in [0.4, 0.5) is 0 Å². The van der Waals surface area contributed by atoms with Gasteiger partial charge in [-0.05, 0) is 61.9 Å². The number of rotatable bonds is 6. The Labute approximate surface area is 210 Å². The molecule has 0 spiro atoms. The molecule has 2 aromatic heterocycles. The van der Waals surface area contributed by atoms with Gasteiger partial charge >= 0.3 is 0 Å². The van der Waals surface area contributed by atoms with E-state index in [0.717, 1.165) is 65.1 Å². The first kappa shape index (κ1) is 23.4. The Morgan fingerprint density at radius 1 is 1.12 bits per heavy atom. The molecule has 0 bridgehead atoms. The van der Waals surface area contributed by atoms with E-state index in [-0.39, 0.29) is 6.10 Å². The lowest BCUT2D eigenvalue weighted by Gasteiger charge is -2.30. The van der Waals surface area contributed by atoms with Gasteiger partial charge < -0.3 is 14.0 Å². The van der Waals surface area contributed by atoms with Gasteiger partial charge in [0.2, 0.25) is 0 Å². The van der Waals surface area contributed by atoms with Crippen LogP contribution < -0.4 is 0 Å². The molecule has 1 atom stereocenters. The van der Waals surface area contributed by atoms with Crippen molar-refractivity contribution in [1.82, 2.24) is 14.3 Å². The number of benzene rings is 2. The first-order chi connectivity index (χ1) is 16.5. The smallest absolute Gasteiger partial charge is 0.137 e. The first-order valence-electron chi connectivity index (χ1n) is 11.7. The van der Waals surface area contributed by atoms with E-state index >= 15 is 0 Å². The molecule has 6 heteroatoms. The fourth-order valence-electron chi connectivity index (χ4n) is 4.64. The van der Waals surface area contributed by atoms with E-state index in [9.17, 15) is 0 Å². The molecule has 5 rings (SSSR count). The number of pyridine rings is 1. The Hall–Kier alpha value is -2.31. The van der Waals surface area contributed by atoms with Gasteiger partial charge in [0, 0.05) is 41.9 Å². The second-order valence-corrected chi connectivity index (χ2v) is 10.6. The number of halogens is 1. The van der Waals surface area contributed by atoms with Crippen LogP contribution >= 0.6 is 23.4 Å². The number of imidazole rings is 1. The second kappa shape index (κ2) is 10.1. The highest BCUT2D eigenvalue weighted by atomic mass is 35.5. The molecule has 1 unspecified atom stereocenters. The van der Waals surface area contributed by atoms with Crippen molar-refractivity contribution in [3.05, 3.63) is 88.2 Å². The Bertz CT molecular complexity index is 1280. The summed E-state index contributed by atoms with van der Waals surface area (Å²) in [5.41, 5.74) is 7.74. The van der Waals surface area contributed by atoms with Crippen molar-refractivity contribution in [3.8, 4) is 11.3 Å². The van der Waals surface area contributed by atoms with Crippen LogP contribution in [0.2, 0.25) is 5.02 Å². The number of aryl methyl sites for hydroxylation is 2. The first-order valence-corrected chi connectivity index (χ1v) is 13.1. The highest BCUT2D eigenvalue weighted by Gasteiger charge is 2.25. The van der Waals surface area contributed by atoms with Gasteiger partial charge in [-0.1, -0.05) is 41.9 Å². The minimum Gasteiger partial charge on any atom is -0.375 e. The van der Waals surface area contributed by atoms with Crippen LogP contribution in [-0.4, -0.2) is 47.1 Å². The minimum absolute atomic E-state index is 0.137. The summed E-state index contributed by atoms with van der Waals surface area (Å²) < 4.78 is 8.32. The van der Waals surface area contributed by atoms with Crippen molar-refractivity contribution in [2.45, 2.75) is 37.0 Å². The summed E-state index contributed by atoms with van der Waals surface area (Å²) in [5, 5.41) is 0.749. The van der Waals surface area contributed by atoms with Gasteiger partial charge in [0.1, 0.15) is 5.65 Å². The van der Waals surface area contributed by atoms with E-state index < -0.39 is 0 Å². The number of likely N-dealkylation sites (N-methyl/N-ethyl adjacent to an activating group) is 1. The fourth-order valence-corrected chi connectivity index (χ4v) is 6.04. The molecule has 0 amide bonds. The molecule has 1 saturated heterocycles. The lowest BCUT2D eigenvalue weighted by atomic mass is 10.0. The standard InChI is InChI=1S/C28H30ClN3OS/c1-19-9-10-32-25(15-22-17-31(3)11-12-33-22)28(30-26(32)13-19)27-20(2)14-23(16-24(27)29)34-18-21-7-5-4-6-8-21/h4-10,13-14,16,22H,11-12,15,17-18H2,1-3H3. The molecule has 1 fully saturated rings. The topological polar surface area (TPSA) is 29.8 Å². The van der Waals surface area contributed by atoms with Crippen molar-refractivity contribution in [2.75, 3.05) is 26.7 Å². The number of aromatic nitrogens is 2. The zero-order valence-corrected chi connectivity index (χ0v) is 21.5. The SMILES string of the molecule is Cc1ccn2c(CC3CN(C)CCO3)c(-c3c(C)cc(SCc4ccccc4)cc3Cl)nc2c1. The third kappa shape index (κ3) is 5.03. The summed E-state index contributed by atoms with van der Waals surface area (Å²) >= 11 is 8.76. The molecule has 34 heavy (non-hydrogen) atoms. The lowest BCUT2D eigenvalue weighted by Crippen LogP contribution is -2.41. The average molecular weight is 492 g/mol. The van der Waals surface area contributed by atoms with Crippen LogP contribution in [0.5, 0.6) is 0 Å². The monoisotopic (exact) mass is 491 g/mol. The molecular weight excluding hydrogens is 462 g/mol. The predicted molar refractivity (Wildman–Crippen MR) is 142 cm³/mol. The number of thioether (sulfide) groups is 1. The minimum atomic E-state index is 0.137. The zero-order valence-electron chi connectivity index (χ0n) is 19.9. The maximum Gasteiger partial charge on any atom is 0.137 e. The average Bonchev–Trinajstić information content (AvgIpc) is 3.14. The van der Waals surface area contributed by atoms with Gasteiger partial charge in [-0.25, -0.2) is 4.98 Å². The quantitative estimate of drug-likeness (QED) is 0.290. The van der Waals surface area contributed by atoms with E-state index in [1.807, 2.05) is 17.8 Å². The van der Waals surface area contributed by atoms with Crippen molar-refractivity contribution < 1.29 is 4.74 Å². The highest BCUT2D eigenvalue weighted by Crippen LogP contribution is 2.38. The van der Waals surface area contributed by atoms with Crippen LogP contribution in [0.25, 0.3) is 16.9 Å². The van der Waals surface area contributed by atoms with Crippen molar-refractivity contribution in [2.24, 2.45) is 0 Å². The molecule has 0 N–H and O–H groups in total. The Morgan fingerprint density at radius 3 is 2.71 bits per heavy atom. The fraction of sp³-hybridized carbons (Fsp3) is 0.321. The Morgan fingerprint density at radius 2 is 1.94 bits per heavy atom. The van der Waals surface area contributed by atoms with Gasteiger partial charge in [0.05, 0.1) is 29.1 Å². The summed E-state index contributed by atoms with van der Waals surface area (Å²) in [6, 6.07) is 19.1. The third-order valence-electron chi connectivity index (χ3n) is 6.39. The Balaban J connectivity index is 1.51. The number of ether oxygens (including phenoxy) is 1. The molecule has 4 aromatic rings. The van der Waals surface area contributed by atoms with Crippen LogP contribution in [0.3, 0.4) is 0 Å². The number of morpholine rings is 1. The number of hydrogen-bond donors (Lipinski definition) is 0. The van der Waals surface area contributed by atoms with Gasteiger partial charge in [0.15, 0.2) is 0 Å². The molecule has 0 saturated carbocycles. The van der Waals surface area contributed by atoms with Crippen LogP contribution in [-0.2, 0) is 16.9 Å². The molecule has 4 nitrogen and oxygen atoms in total. The number of hydrogen-bond acceptors (Lipinski definition) is 4. The summed E-state index contributed by atoms with van der Waals surface area (Å²) in [5.74, 6) is 0.918. The molecule has 0 radical (unpaired) electrons. The van der Waals surface area contributed by atoms with Crippen molar-refractivity contribution in [1.29, 1.82) is 0 Å². The largest absolute Gasteiger partial charge is 0.375 e. The number of fused-ring (bicyclic) bond motifs is 1. The second-order valence-electron chi connectivity index (χ2n) is 9.17. The summed E-state index contributed by atoms with van der Waals surface area (Å²) in [4.78, 5) is 8.58. The van der Waals surface area contributed by atoms with Gasteiger partial charge in [-0.2, -0.15) is 0 Å². The molecular formula is C28H30ClN3OS. The van der Waals surface area contributed by atoms with E-state index in [0.29, 0.717) is 0 Å². The predicted octanol–water partition coefficient (Wildman–Crippen LogP) is 6.44. The van der Waals surface area contributed by atoms with Gasteiger partial charge in [-0.15, -0.1) is 11.8 Å². The third-order valence-corrected chi connectivity index (χ3v) is 7.73. The maximum absolute atomic E-state index is 6.95. The summed E-state index contributed by atoms with van der Waals surface area (Å²) in [7, 11) is 2.15. The van der Waals surface area contributed by atoms with E-state index in [2.05, 4.69) is 84.9 Å². The molecule has 1 aliphatic heterocycles. The highest BCUT2D eigenvalue weighted by molar-refractivity contribution is 7.98. The van der Waals surface area contributed by atoms with Crippen LogP contribution in [0.15, 0.2) is 65.7 Å². The van der Waals surface area contributed by atoms with Gasteiger partial charge in [-0.3, -0.25) is 0 Å². The molecule has 0 aliphatic carbocycles. The lowest BCUT2D eigenvalue weighted by molar-refractivity contribution is -0.0190. The van der Waals surface area contributed by atoms with E-state index in [1.54, 1.807) is 0 Å².